The topological polar surface area (TPSA) is 75.2 Å². The van der Waals surface area contributed by atoms with Crippen LogP contribution >= 0.6 is 0 Å². The van der Waals surface area contributed by atoms with Gasteiger partial charge in [-0.15, -0.1) is 0 Å². The van der Waals surface area contributed by atoms with Crippen LogP contribution in [0.5, 0.6) is 5.75 Å². The fraction of sp³-hybridized carbons (Fsp3) is 0.429. The van der Waals surface area contributed by atoms with E-state index in [0.717, 1.165) is 6.07 Å². The summed E-state index contributed by atoms with van der Waals surface area (Å²) in [5, 5.41) is 4.00. The van der Waals surface area contributed by atoms with Gasteiger partial charge in [-0.25, -0.2) is 0 Å². The minimum Gasteiger partial charge on any atom is -0.483 e. The molecule has 1 aliphatic rings. The van der Waals surface area contributed by atoms with Crippen LogP contribution in [0.15, 0.2) is 30.7 Å². The summed E-state index contributed by atoms with van der Waals surface area (Å²) in [7, 11) is 0. The Kier molecular flexibility index (Phi) is 4.22. The molecule has 124 valence electrons. The standard InChI is InChI=1S/C14H15F3N4O2/c15-14(16,17)10-2-1-3-19-12(10)6-21-5-9(4-20-21)23-13-8-22-7-11(13)18/h1-5,11,13H,6-8,18H2/t11-,13+/m0/s1. The molecule has 3 heterocycles. The highest BCUT2D eigenvalue weighted by atomic mass is 19.4. The molecule has 0 aliphatic carbocycles. The van der Waals surface area contributed by atoms with E-state index >= 15 is 0 Å². The fourth-order valence-corrected chi connectivity index (χ4v) is 2.31. The lowest BCUT2D eigenvalue weighted by Gasteiger charge is -2.14. The molecule has 0 aromatic carbocycles. The Bertz CT molecular complexity index is 674. The Morgan fingerprint density at radius 2 is 2.22 bits per heavy atom. The Balaban J connectivity index is 1.72. The first-order valence-electron chi connectivity index (χ1n) is 6.97. The Morgan fingerprint density at radius 3 is 2.91 bits per heavy atom. The van der Waals surface area contributed by atoms with E-state index in [4.69, 9.17) is 15.2 Å². The van der Waals surface area contributed by atoms with E-state index in [0.29, 0.717) is 19.0 Å². The highest BCUT2D eigenvalue weighted by molar-refractivity contribution is 5.24. The largest absolute Gasteiger partial charge is 0.483 e. The van der Waals surface area contributed by atoms with Crippen molar-refractivity contribution in [2.45, 2.75) is 24.9 Å². The maximum Gasteiger partial charge on any atom is 0.418 e. The van der Waals surface area contributed by atoms with Crippen LogP contribution in [0.25, 0.3) is 0 Å². The van der Waals surface area contributed by atoms with Crippen molar-refractivity contribution in [3.05, 3.63) is 42.0 Å². The monoisotopic (exact) mass is 328 g/mol. The van der Waals surface area contributed by atoms with E-state index in [9.17, 15) is 13.2 Å². The second-order valence-corrected chi connectivity index (χ2v) is 5.23. The third-order valence-corrected chi connectivity index (χ3v) is 3.47. The molecular formula is C14H15F3N4O2. The van der Waals surface area contributed by atoms with Crippen molar-refractivity contribution in [3.63, 3.8) is 0 Å². The van der Waals surface area contributed by atoms with Crippen LogP contribution in [-0.4, -0.2) is 40.1 Å². The third kappa shape index (κ3) is 3.62. The van der Waals surface area contributed by atoms with Crippen LogP contribution in [-0.2, 0) is 17.5 Å². The molecule has 0 unspecified atom stereocenters. The molecule has 0 spiro atoms. The average Bonchev–Trinajstić information content (AvgIpc) is 3.09. The van der Waals surface area contributed by atoms with E-state index in [2.05, 4.69) is 10.1 Å². The average molecular weight is 328 g/mol. The zero-order chi connectivity index (χ0) is 16.4. The van der Waals surface area contributed by atoms with Gasteiger partial charge in [-0.2, -0.15) is 18.3 Å². The molecule has 2 aromatic rings. The predicted octanol–water partition coefficient (Wildman–Crippen LogP) is 1.45. The number of halogens is 3. The maximum atomic E-state index is 12.9. The van der Waals surface area contributed by atoms with E-state index < -0.39 is 11.7 Å². The summed E-state index contributed by atoms with van der Waals surface area (Å²) in [4.78, 5) is 3.80. The Morgan fingerprint density at radius 1 is 1.39 bits per heavy atom. The Hall–Kier alpha value is -2.13. The number of hydrogen-bond acceptors (Lipinski definition) is 5. The van der Waals surface area contributed by atoms with Crippen molar-refractivity contribution in [2.24, 2.45) is 5.73 Å². The molecule has 2 N–H and O–H groups in total. The van der Waals surface area contributed by atoms with E-state index in [1.807, 2.05) is 0 Å². The maximum absolute atomic E-state index is 12.9. The number of ether oxygens (including phenoxy) is 2. The zero-order valence-corrected chi connectivity index (χ0v) is 12.0. The Labute approximate surface area is 130 Å². The molecule has 0 bridgehead atoms. The van der Waals surface area contributed by atoms with Crippen molar-refractivity contribution in [1.29, 1.82) is 0 Å². The van der Waals surface area contributed by atoms with Crippen LogP contribution in [0, 0.1) is 0 Å². The van der Waals surface area contributed by atoms with Crippen molar-refractivity contribution in [1.82, 2.24) is 14.8 Å². The summed E-state index contributed by atoms with van der Waals surface area (Å²) >= 11 is 0. The smallest absolute Gasteiger partial charge is 0.418 e. The quantitative estimate of drug-likeness (QED) is 0.919. The molecule has 1 aliphatic heterocycles. The molecule has 2 atom stereocenters. The SMILES string of the molecule is N[C@H]1COC[C@H]1Oc1cnn(Cc2ncccc2C(F)(F)F)c1. The van der Waals surface area contributed by atoms with Gasteiger partial charge in [0, 0.05) is 6.20 Å². The van der Waals surface area contributed by atoms with Gasteiger partial charge in [0.05, 0.1) is 49.5 Å². The van der Waals surface area contributed by atoms with Crippen molar-refractivity contribution in [2.75, 3.05) is 13.2 Å². The molecule has 2 aromatic heterocycles. The van der Waals surface area contributed by atoms with Crippen LogP contribution in [0.4, 0.5) is 13.2 Å². The van der Waals surface area contributed by atoms with Gasteiger partial charge in [0.25, 0.3) is 0 Å². The normalized spacial score (nSPS) is 21.6. The van der Waals surface area contributed by atoms with Crippen LogP contribution in [0.2, 0.25) is 0 Å². The number of alkyl halides is 3. The lowest BCUT2D eigenvalue weighted by atomic mass is 10.2. The molecule has 3 rings (SSSR count). The first-order chi connectivity index (χ1) is 10.9. The summed E-state index contributed by atoms with van der Waals surface area (Å²) < 4.78 is 51.0. The first kappa shape index (κ1) is 15.8. The second-order valence-electron chi connectivity index (χ2n) is 5.23. The summed E-state index contributed by atoms with van der Waals surface area (Å²) in [5.74, 6) is 0.431. The molecule has 1 saturated heterocycles. The second kappa shape index (κ2) is 6.17. The minimum absolute atomic E-state index is 0.101. The van der Waals surface area contributed by atoms with E-state index in [1.54, 1.807) is 0 Å². The van der Waals surface area contributed by atoms with Crippen LogP contribution in [0.1, 0.15) is 11.3 Å². The number of rotatable bonds is 4. The number of pyridine rings is 1. The van der Waals surface area contributed by atoms with Crippen LogP contribution < -0.4 is 10.5 Å². The van der Waals surface area contributed by atoms with Gasteiger partial charge >= 0.3 is 6.18 Å². The van der Waals surface area contributed by atoms with Crippen LogP contribution in [0.3, 0.4) is 0 Å². The lowest BCUT2D eigenvalue weighted by molar-refractivity contribution is -0.138. The third-order valence-electron chi connectivity index (χ3n) is 3.47. The summed E-state index contributed by atoms with van der Waals surface area (Å²) in [6.45, 7) is 0.693. The van der Waals surface area contributed by atoms with E-state index in [-0.39, 0.29) is 24.4 Å². The van der Waals surface area contributed by atoms with Crippen molar-refractivity contribution < 1.29 is 22.6 Å². The van der Waals surface area contributed by atoms with Gasteiger partial charge in [-0.1, -0.05) is 0 Å². The molecular weight excluding hydrogens is 313 g/mol. The summed E-state index contributed by atoms with van der Waals surface area (Å²) in [5.41, 5.74) is 4.94. The number of nitrogens with two attached hydrogens (primary N) is 1. The molecule has 1 fully saturated rings. The van der Waals surface area contributed by atoms with Crippen molar-refractivity contribution >= 4 is 0 Å². The van der Waals surface area contributed by atoms with Crippen molar-refractivity contribution in [3.8, 4) is 5.75 Å². The van der Waals surface area contributed by atoms with Gasteiger partial charge in [-0.3, -0.25) is 9.67 Å². The highest BCUT2D eigenvalue weighted by Gasteiger charge is 2.34. The first-order valence-corrected chi connectivity index (χ1v) is 6.97. The molecule has 0 saturated carbocycles. The van der Waals surface area contributed by atoms with Gasteiger partial charge in [-0.05, 0) is 12.1 Å². The zero-order valence-electron chi connectivity index (χ0n) is 12.0. The summed E-state index contributed by atoms with van der Waals surface area (Å²) in [6.07, 6.45) is -0.473. The minimum atomic E-state index is -4.45. The van der Waals surface area contributed by atoms with Gasteiger partial charge in [0.2, 0.25) is 0 Å². The van der Waals surface area contributed by atoms with Gasteiger partial charge in [0.1, 0.15) is 6.10 Å². The lowest BCUT2D eigenvalue weighted by Crippen LogP contribution is -2.37. The predicted molar refractivity (Wildman–Crippen MR) is 73.8 cm³/mol. The number of hydrogen-bond donors (Lipinski definition) is 1. The van der Waals surface area contributed by atoms with E-state index in [1.165, 1.54) is 29.3 Å². The summed E-state index contributed by atoms with van der Waals surface area (Å²) in [6, 6.07) is 2.02. The van der Waals surface area contributed by atoms with Gasteiger partial charge < -0.3 is 15.2 Å². The fourth-order valence-electron chi connectivity index (χ4n) is 2.31. The molecule has 0 radical (unpaired) electrons. The number of nitrogens with zero attached hydrogens (tertiary/aromatic N) is 3. The number of aromatic nitrogens is 3. The molecule has 23 heavy (non-hydrogen) atoms. The highest BCUT2D eigenvalue weighted by Crippen LogP contribution is 2.31. The molecule has 6 nitrogen and oxygen atoms in total. The molecule has 9 heteroatoms. The van der Waals surface area contributed by atoms with Gasteiger partial charge in [0.15, 0.2) is 5.75 Å². The molecule has 0 amide bonds.